The Morgan fingerprint density at radius 2 is 2.00 bits per heavy atom. The van der Waals surface area contributed by atoms with Gasteiger partial charge >= 0.3 is 0 Å². The molecule has 1 aromatic rings. The highest BCUT2D eigenvalue weighted by Crippen LogP contribution is 2.17. The molecular formula is C13H19Cl2NOSi. The standard InChI is InChI=1S/C13H19Cl2NOSi/c1-9(8-14)16-13(17)12-10(15)6-5-7-11(12)18(2,3)4/h5-7,9H,8H2,1-4H3,(H,16,17). The highest BCUT2D eigenvalue weighted by atomic mass is 35.5. The quantitative estimate of drug-likeness (QED) is 0.671. The van der Waals surface area contributed by atoms with Gasteiger partial charge in [0.25, 0.3) is 5.91 Å². The predicted octanol–water partition coefficient (Wildman–Crippen LogP) is 3.24. The summed E-state index contributed by atoms with van der Waals surface area (Å²) in [4.78, 5) is 12.3. The number of halogens is 2. The van der Waals surface area contributed by atoms with Gasteiger partial charge in [0.1, 0.15) is 0 Å². The molecule has 0 bridgehead atoms. The first-order valence-electron chi connectivity index (χ1n) is 5.93. The zero-order valence-electron chi connectivity index (χ0n) is 11.2. The van der Waals surface area contributed by atoms with E-state index in [-0.39, 0.29) is 11.9 Å². The van der Waals surface area contributed by atoms with Crippen molar-refractivity contribution in [3.8, 4) is 0 Å². The van der Waals surface area contributed by atoms with Gasteiger partial charge in [-0.25, -0.2) is 0 Å². The number of alkyl halides is 1. The van der Waals surface area contributed by atoms with Gasteiger partial charge in [0.2, 0.25) is 0 Å². The lowest BCUT2D eigenvalue weighted by Gasteiger charge is -2.22. The molecular weight excluding hydrogens is 285 g/mol. The third kappa shape index (κ3) is 3.74. The van der Waals surface area contributed by atoms with E-state index in [0.717, 1.165) is 5.19 Å². The fraction of sp³-hybridized carbons (Fsp3) is 0.462. The normalized spacial score (nSPS) is 13.2. The van der Waals surface area contributed by atoms with Gasteiger partial charge in [-0.2, -0.15) is 0 Å². The summed E-state index contributed by atoms with van der Waals surface area (Å²) < 4.78 is 0. The molecule has 0 aromatic heterocycles. The second kappa shape index (κ2) is 6.09. The van der Waals surface area contributed by atoms with E-state index >= 15 is 0 Å². The number of carbonyl (C=O) groups is 1. The van der Waals surface area contributed by atoms with Crippen molar-refractivity contribution in [2.24, 2.45) is 0 Å². The minimum Gasteiger partial charge on any atom is -0.348 e. The molecule has 5 heteroatoms. The lowest BCUT2D eigenvalue weighted by molar-refractivity contribution is 0.0944. The topological polar surface area (TPSA) is 29.1 Å². The largest absolute Gasteiger partial charge is 0.348 e. The average molecular weight is 304 g/mol. The van der Waals surface area contributed by atoms with Crippen LogP contribution in [0.1, 0.15) is 17.3 Å². The fourth-order valence-corrected chi connectivity index (χ4v) is 3.73. The van der Waals surface area contributed by atoms with Gasteiger partial charge < -0.3 is 5.32 Å². The molecule has 0 fully saturated rings. The highest BCUT2D eigenvalue weighted by molar-refractivity contribution is 6.89. The van der Waals surface area contributed by atoms with Crippen molar-refractivity contribution in [2.45, 2.75) is 32.6 Å². The summed E-state index contributed by atoms with van der Waals surface area (Å²) in [5, 5.41) is 4.45. The molecule has 100 valence electrons. The average Bonchev–Trinajstić information content (AvgIpc) is 2.27. The molecule has 1 atom stereocenters. The van der Waals surface area contributed by atoms with Crippen LogP contribution >= 0.6 is 23.2 Å². The Balaban J connectivity index is 3.18. The van der Waals surface area contributed by atoms with Crippen LogP contribution in [0.5, 0.6) is 0 Å². The van der Waals surface area contributed by atoms with E-state index in [4.69, 9.17) is 23.2 Å². The summed E-state index contributed by atoms with van der Waals surface area (Å²) in [6.45, 7) is 8.46. The molecule has 0 heterocycles. The molecule has 18 heavy (non-hydrogen) atoms. The fourth-order valence-electron chi connectivity index (χ4n) is 1.71. The molecule has 0 saturated heterocycles. The number of benzene rings is 1. The molecule has 0 spiro atoms. The van der Waals surface area contributed by atoms with Crippen LogP contribution < -0.4 is 10.5 Å². The third-order valence-corrected chi connectivity index (χ3v) is 5.47. The van der Waals surface area contributed by atoms with E-state index in [2.05, 4.69) is 25.0 Å². The van der Waals surface area contributed by atoms with Crippen LogP contribution in [-0.4, -0.2) is 25.9 Å². The Hall–Kier alpha value is -0.513. The van der Waals surface area contributed by atoms with E-state index in [1.54, 1.807) is 6.07 Å². The van der Waals surface area contributed by atoms with Gasteiger partial charge in [0.15, 0.2) is 0 Å². The summed E-state index contributed by atoms with van der Waals surface area (Å²) in [6, 6.07) is 5.59. The minimum atomic E-state index is -1.61. The Morgan fingerprint density at radius 3 is 2.50 bits per heavy atom. The van der Waals surface area contributed by atoms with Crippen LogP contribution in [0.3, 0.4) is 0 Å². The van der Waals surface area contributed by atoms with Crippen LogP contribution in [0.15, 0.2) is 18.2 Å². The zero-order valence-corrected chi connectivity index (χ0v) is 13.7. The SMILES string of the molecule is CC(CCl)NC(=O)c1c(Cl)cccc1[Si](C)(C)C. The molecule has 0 aliphatic carbocycles. The van der Waals surface area contributed by atoms with Gasteiger partial charge in [-0.3, -0.25) is 4.79 Å². The molecule has 0 saturated carbocycles. The van der Waals surface area contributed by atoms with Crippen molar-refractivity contribution in [2.75, 3.05) is 5.88 Å². The molecule has 0 aliphatic rings. The van der Waals surface area contributed by atoms with Crippen LogP contribution in [0.25, 0.3) is 0 Å². The summed E-state index contributed by atoms with van der Waals surface area (Å²) in [7, 11) is -1.61. The van der Waals surface area contributed by atoms with Crippen molar-refractivity contribution in [1.82, 2.24) is 5.32 Å². The second-order valence-corrected chi connectivity index (χ2v) is 11.2. The van der Waals surface area contributed by atoms with E-state index in [9.17, 15) is 4.79 Å². The molecule has 1 rings (SSSR count). The number of carbonyl (C=O) groups excluding carboxylic acids is 1. The van der Waals surface area contributed by atoms with Crippen molar-refractivity contribution < 1.29 is 4.79 Å². The highest BCUT2D eigenvalue weighted by Gasteiger charge is 2.25. The predicted molar refractivity (Wildman–Crippen MR) is 82.1 cm³/mol. The molecule has 2 nitrogen and oxygen atoms in total. The summed E-state index contributed by atoms with van der Waals surface area (Å²) in [6.07, 6.45) is 0. The molecule has 0 aliphatic heterocycles. The van der Waals surface area contributed by atoms with Crippen LogP contribution in [0.2, 0.25) is 24.7 Å². The first kappa shape index (κ1) is 15.5. The summed E-state index contributed by atoms with van der Waals surface area (Å²) in [5.74, 6) is 0.254. The zero-order chi connectivity index (χ0) is 13.9. The third-order valence-electron chi connectivity index (χ3n) is 2.66. The monoisotopic (exact) mass is 303 g/mol. The number of amides is 1. The second-order valence-electron chi connectivity index (χ2n) is 5.44. The van der Waals surface area contributed by atoms with Crippen molar-refractivity contribution in [1.29, 1.82) is 0 Å². The first-order valence-corrected chi connectivity index (χ1v) is 10.3. The van der Waals surface area contributed by atoms with E-state index in [0.29, 0.717) is 16.5 Å². The Bertz CT molecular complexity index is 443. The smallest absolute Gasteiger partial charge is 0.252 e. The number of hydrogen-bond acceptors (Lipinski definition) is 1. The van der Waals surface area contributed by atoms with Gasteiger partial charge in [-0.15, -0.1) is 11.6 Å². The lowest BCUT2D eigenvalue weighted by atomic mass is 10.2. The van der Waals surface area contributed by atoms with Gasteiger partial charge in [-0.05, 0) is 18.2 Å². The number of hydrogen-bond donors (Lipinski definition) is 1. The summed E-state index contributed by atoms with van der Waals surface area (Å²) >= 11 is 11.9. The van der Waals surface area contributed by atoms with Crippen LogP contribution in [-0.2, 0) is 0 Å². The Morgan fingerprint density at radius 1 is 1.39 bits per heavy atom. The van der Waals surface area contributed by atoms with Gasteiger partial charge in [-0.1, -0.05) is 43.4 Å². The van der Waals surface area contributed by atoms with Crippen LogP contribution in [0.4, 0.5) is 0 Å². The van der Waals surface area contributed by atoms with Gasteiger partial charge in [0.05, 0.1) is 18.7 Å². The molecule has 0 radical (unpaired) electrons. The Labute approximate surface area is 120 Å². The van der Waals surface area contributed by atoms with E-state index < -0.39 is 8.07 Å². The van der Waals surface area contributed by atoms with Crippen molar-refractivity contribution >= 4 is 42.4 Å². The maximum atomic E-state index is 12.3. The molecule has 1 N–H and O–H groups in total. The maximum absolute atomic E-state index is 12.3. The minimum absolute atomic E-state index is 0.0649. The number of rotatable bonds is 4. The Kier molecular flexibility index (Phi) is 5.26. The number of nitrogens with one attached hydrogen (secondary N) is 1. The lowest BCUT2D eigenvalue weighted by Crippen LogP contribution is -2.45. The van der Waals surface area contributed by atoms with Crippen molar-refractivity contribution in [3.05, 3.63) is 28.8 Å². The van der Waals surface area contributed by atoms with Crippen molar-refractivity contribution in [3.63, 3.8) is 0 Å². The van der Waals surface area contributed by atoms with E-state index in [1.807, 2.05) is 19.1 Å². The molecule has 1 unspecified atom stereocenters. The molecule has 1 aromatic carbocycles. The first-order chi connectivity index (χ1) is 8.27. The molecule has 1 amide bonds. The van der Waals surface area contributed by atoms with Gasteiger partial charge in [0, 0.05) is 11.9 Å². The maximum Gasteiger partial charge on any atom is 0.252 e. The van der Waals surface area contributed by atoms with Crippen LogP contribution in [0, 0.1) is 0 Å². The van der Waals surface area contributed by atoms with E-state index in [1.165, 1.54) is 0 Å². The summed E-state index contributed by atoms with van der Waals surface area (Å²) in [5.41, 5.74) is 0.607.